The number of rotatable bonds is 6. The second kappa shape index (κ2) is 8.09. The van der Waals surface area contributed by atoms with E-state index in [4.69, 9.17) is 11.6 Å². The smallest absolute Gasteiger partial charge is 0.238 e. The molecule has 0 radical (unpaired) electrons. The van der Waals surface area contributed by atoms with Crippen LogP contribution in [0.15, 0.2) is 48.5 Å². The lowest BCUT2D eigenvalue weighted by Crippen LogP contribution is -2.33. The van der Waals surface area contributed by atoms with Crippen molar-refractivity contribution in [2.45, 2.75) is 19.9 Å². The average molecular weight is 335 g/mol. The zero-order valence-electron chi connectivity index (χ0n) is 13.1. The van der Waals surface area contributed by atoms with E-state index in [0.29, 0.717) is 5.02 Å². The number of amides is 1. The number of halogens is 2. The number of hydrogen-bond acceptors (Lipinski definition) is 2. The number of anilines is 1. The molecule has 0 spiro atoms. The lowest BCUT2D eigenvalue weighted by Gasteiger charge is -2.23. The molecule has 0 fully saturated rings. The Morgan fingerprint density at radius 3 is 2.39 bits per heavy atom. The van der Waals surface area contributed by atoms with Gasteiger partial charge in [-0.3, -0.25) is 4.79 Å². The monoisotopic (exact) mass is 334 g/mol. The Morgan fingerprint density at radius 1 is 1.13 bits per heavy atom. The van der Waals surface area contributed by atoms with Crippen LogP contribution in [0.2, 0.25) is 5.02 Å². The predicted molar refractivity (Wildman–Crippen MR) is 92.1 cm³/mol. The van der Waals surface area contributed by atoms with E-state index in [1.807, 2.05) is 24.3 Å². The largest absolute Gasteiger partial charge is 0.322 e. The van der Waals surface area contributed by atoms with Gasteiger partial charge in [0.15, 0.2) is 0 Å². The van der Waals surface area contributed by atoms with Crippen molar-refractivity contribution < 1.29 is 9.18 Å². The molecule has 0 saturated carbocycles. The molecule has 2 N–H and O–H groups in total. The van der Waals surface area contributed by atoms with Crippen LogP contribution in [0.1, 0.15) is 25.5 Å². The Kier molecular flexibility index (Phi) is 6.13. The first kappa shape index (κ1) is 17.4. The number of benzene rings is 2. The highest BCUT2D eigenvalue weighted by Gasteiger charge is 2.17. The summed E-state index contributed by atoms with van der Waals surface area (Å²) in [7, 11) is 0. The summed E-state index contributed by atoms with van der Waals surface area (Å²) in [6.45, 7) is 4.24. The van der Waals surface area contributed by atoms with Crippen LogP contribution in [0.3, 0.4) is 0 Å². The number of hydrogen-bond donors (Lipinski definition) is 2. The minimum atomic E-state index is -0.445. The molecular weight excluding hydrogens is 315 g/mol. The van der Waals surface area contributed by atoms with E-state index in [9.17, 15) is 9.18 Å². The summed E-state index contributed by atoms with van der Waals surface area (Å²) in [6, 6.07) is 13.7. The quantitative estimate of drug-likeness (QED) is 0.821. The molecule has 0 aliphatic rings. The van der Waals surface area contributed by atoms with Crippen LogP contribution in [0.4, 0.5) is 10.1 Å². The van der Waals surface area contributed by atoms with E-state index in [-0.39, 0.29) is 30.1 Å². The van der Waals surface area contributed by atoms with Crippen molar-refractivity contribution in [2.24, 2.45) is 5.92 Å². The van der Waals surface area contributed by atoms with Crippen LogP contribution in [0.5, 0.6) is 0 Å². The topological polar surface area (TPSA) is 41.1 Å². The maximum Gasteiger partial charge on any atom is 0.238 e. The van der Waals surface area contributed by atoms with Gasteiger partial charge in [0, 0.05) is 11.1 Å². The molecule has 0 unspecified atom stereocenters. The number of carbonyl (C=O) groups is 1. The van der Waals surface area contributed by atoms with Gasteiger partial charge in [0.05, 0.1) is 12.2 Å². The minimum absolute atomic E-state index is 0.0126. The fourth-order valence-corrected chi connectivity index (χ4v) is 2.49. The fraction of sp³-hybridized carbons (Fsp3) is 0.278. The van der Waals surface area contributed by atoms with Crippen LogP contribution < -0.4 is 10.6 Å². The molecule has 0 heterocycles. The summed E-state index contributed by atoms with van der Waals surface area (Å²) in [5.41, 5.74) is 1.25. The summed E-state index contributed by atoms with van der Waals surface area (Å²) in [5, 5.41) is 6.46. The second-order valence-corrected chi connectivity index (χ2v) is 6.12. The molecule has 0 saturated heterocycles. The van der Waals surface area contributed by atoms with Gasteiger partial charge >= 0.3 is 0 Å². The fourth-order valence-electron chi connectivity index (χ4n) is 2.37. The van der Waals surface area contributed by atoms with E-state index in [1.165, 1.54) is 12.1 Å². The predicted octanol–water partition coefficient (Wildman–Crippen LogP) is 4.40. The third-order valence-electron chi connectivity index (χ3n) is 3.53. The van der Waals surface area contributed by atoms with Crippen LogP contribution in [-0.2, 0) is 4.79 Å². The van der Waals surface area contributed by atoms with E-state index >= 15 is 0 Å². The molecule has 0 aromatic heterocycles. The summed E-state index contributed by atoms with van der Waals surface area (Å²) in [6.07, 6.45) is 0. The van der Waals surface area contributed by atoms with Gasteiger partial charge in [-0.05, 0) is 35.7 Å². The van der Waals surface area contributed by atoms with Crippen LogP contribution in [0.25, 0.3) is 0 Å². The Bertz CT molecular complexity index is 658. The average Bonchev–Trinajstić information content (AvgIpc) is 2.51. The first-order valence-corrected chi connectivity index (χ1v) is 7.88. The molecular formula is C18H20ClFN2O. The second-order valence-electron chi connectivity index (χ2n) is 5.68. The Hall–Kier alpha value is -1.91. The molecule has 122 valence electrons. The van der Waals surface area contributed by atoms with Gasteiger partial charge < -0.3 is 10.6 Å². The number of carbonyl (C=O) groups excluding carboxylic acids is 1. The summed E-state index contributed by atoms with van der Waals surface area (Å²) < 4.78 is 13.5. The van der Waals surface area contributed by atoms with Gasteiger partial charge in [-0.2, -0.15) is 0 Å². The molecule has 1 amide bonds. The van der Waals surface area contributed by atoms with E-state index in [1.54, 1.807) is 12.1 Å². The van der Waals surface area contributed by atoms with Crippen LogP contribution >= 0.6 is 11.6 Å². The van der Waals surface area contributed by atoms with E-state index < -0.39 is 5.82 Å². The van der Waals surface area contributed by atoms with Gasteiger partial charge in [0.2, 0.25) is 5.91 Å². The van der Waals surface area contributed by atoms with Crippen molar-refractivity contribution in [3.8, 4) is 0 Å². The molecule has 23 heavy (non-hydrogen) atoms. The van der Waals surface area contributed by atoms with Crippen molar-refractivity contribution in [1.82, 2.24) is 5.32 Å². The third kappa shape index (κ3) is 5.05. The number of nitrogens with one attached hydrogen (secondary N) is 2. The molecule has 1 atom stereocenters. The highest BCUT2D eigenvalue weighted by Crippen LogP contribution is 2.23. The van der Waals surface area contributed by atoms with Gasteiger partial charge in [0.25, 0.3) is 0 Å². The highest BCUT2D eigenvalue weighted by molar-refractivity contribution is 6.30. The maximum atomic E-state index is 13.5. The van der Waals surface area contributed by atoms with Crippen molar-refractivity contribution in [3.63, 3.8) is 0 Å². The first-order valence-electron chi connectivity index (χ1n) is 7.50. The van der Waals surface area contributed by atoms with E-state index in [0.717, 1.165) is 5.56 Å². The van der Waals surface area contributed by atoms with Crippen molar-refractivity contribution in [1.29, 1.82) is 0 Å². The zero-order chi connectivity index (χ0) is 16.8. The molecule has 5 heteroatoms. The summed E-state index contributed by atoms with van der Waals surface area (Å²) >= 11 is 5.91. The standard InChI is InChI=1S/C18H20ClFN2O/c1-12(2)18(13-7-9-14(19)10-8-13)21-11-17(23)22-16-6-4-3-5-15(16)20/h3-10,12,18,21H,11H2,1-2H3,(H,22,23)/t18-/m0/s1. The molecule has 0 aliphatic heterocycles. The van der Waals surface area contributed by atoms with Crippen molar-refractivity contribution in [2.75, 3.05) is 11.9 Å². The molecule has 2 aromatic carbocycles. The zero-order valence-corrected chi connectivity index (χ0v) is 13.9. The lowest BCUT2D eigenvalue weighted by molar-refractivity contribution is -0.115. The molecule has 2 aromatic rings. The Balaban J connectivity index is 1.97. The number of para-hydroxylation sites is 1. The van der Waals surface area contributed by atoms with Crippen LogP contribution in [-0.4, -0.2) is 12.5 Å². The van der Waals surface area contributed by atoms with Gasteiger partial charge in [-0.25, -0.2) is 4.39 Å². The van der Waals surface area contributed by atoms with Gasteiger partial charge in [0.1, 0.15) is 5.82 Å². The molecule has 3 nitrogen and oxygen atoms in total. The SMILES string of the molecule is CC(C)[C@H](NCC(=O)Nc1ccccc1F)c1ccc(Cl)cc1. The first-order chi connectivity index (χ1) is 11.0. The normalized spacial score (nSPS) is 12.2. The molecule has 0 bridgehead atoms. The third-order valence-corrected chi connectivity index (χ3v) is 3.78. The minimum Gasteiger partial charge on any atom is -0.322 e. The van der Waals surface area contributed by atoms with Crippen molar-refractivity contribution >= 4 is 23.2 Å². The van der Waals surface area contributed by atoms with Gasteiger partial charge in [-0.15, -0.1) is 0 Å². The summed E-state index contributed by atoms with van der Waals surface area (Å²) in [4.78, 5) is 12.0. The lowest BCUT2D eigenvalue weighted by atomic mass is 9.96. The van der Waals surface area contributed by atoms with Gasteiger partial charge in [-0.1, -0.05) is 49.7 Å². The van der Waals surface area contributed by atoms with E-state index in [2.05, 4.69) is 24.5 Å². The summed E-state index contributed by atoms with van der Waals surface area (Å²) in [5.74, 6) is -0.439. The Morgan fingerprint density at radius 2 is 1.78 bits per heavy atom. The Labute approximate surface area is 140 Å². The maximum absolute atomic E-state index is 13.5. The highest BCUT2D eigenvalue weighted by atomic mass is 35.5. The van der Waals surface area contributed by atoms with Crippen molar-refractivity contribution in [3.05, 3.63) is 64.9 Å². The molecule has 2 rings (SSSR count). The molecule has 0 aliphatic carbocycles. The van der Waals surface area contributed by atoms with Crippen LogP contribution in [0, 0.1) is 11.7 Å².